The zero-order chi connectivity index (χ0) is 11.6. The van der Waals surface area contributed by atoms with Gasteiger partial charge in [0.15, 0.2) is 0 Å². The van der Waals surface area contributed by atoms with Crippen LogP contribution in [-0.4, -0.2) is 30.0 Å². The minimum atomic E-state index is -0.578. The highest BCUT2D eigenvalue weighted by atomic mass is 16.5. The van der Waals surface area contributed by atoms with Crippen LogP contribution in [0, 0.1) is 0 Å². The quantitative estimate of drug-likeness (QED) is 0.490. The first-order valence-electron chi connectivity index (χ1n) is 5.54. The van der Waals surface area contributed by atoms with Gasteiger partial charge in [0.05, 0.1) is 6.61 Å². The van der Waals surface area contributed by atoms with E-state index in [4.69, 9.17) is 10.5 Å². The van der Waals surface area contributed by atoms with Gasteiger partial charge in [0.25, 0.3) is 11.9 Å². The summed E-state index contributed by atoms with van der Waals surface area (Å²) in [6.45, 7) is 2.26. The highest BCUT2D eigenvalue weighted by Gasteiger charge is 2.45. The van der Waals surface area contributed by atoms with Crippen molar-refractivity contribution in [2.45, 2.75) is 38.1 Å². The van der Waals surface area contributed by atoms with E-state index in [2.05, 4.69) is 15.3 Å². The van der Waals surface area contributed by atoms with Crippen LogP contribution in [0.25, 0.3) is 0 Å². The van der Waals surface area contributed by atoms with Crippen LogP contribution in [0.2, 0.25) is 0 Å². The topological polar surface area (TPSA) is 89.1 Å². The molecule has 1 spiro atoms. The number of amides is 1. The molecular weight excluding hydrogens is 208 g/mol. The van der Waals surface area contributed by atoms with Crippen molar-refractivity contribution < 1.29 is 9.53 Å². The molecule has 1 amide bonds. The molecule has 0 aromatic carbocycles. The van der Waals surface area contributed by atoms with E-state index in [1.165, 1.54) is 0 Å². The van der Waals surface area contributed by atoms with Crippen molar-refractivity contribution in [1.29, 1.82) is 0 Å². The maximum Gasteiger partial charge on any atom is 0.289 e. The second-order valence-electron chi connectivity index (χ2n) is 4.01. The molecule has 0 unspecified atom stereocenters. The molecule has 3 N–H and O–H groups in total. The van der Waals surface area contributed by atoms with Crippen molar-refractivity contribution in [3.05, 3.63) is 0 Å². The van der Waals surface area contributed by atoms with Gasteiger partial charge in [0.2, 0.25) is 5.96 Å². The second kappa shape index (κ2) is 4.11. The Morgan fingerprint density at radius 2 is 2.31 bits per heavy atom. The summed E-state index contributed by atoms with van der Waals surface area (Å²) in [4.78, 5) is 20.0. The summed E-state index contributed by atoms with van der Waals surface area (Å²) in [6.07, 6.45) is 3.67. The Balaban J connectivity index is 2.13. The largest absolute Gasteiger partial charge is 0.465 e. The Labute approximate surface area is 94.0 Å². The number of amidine groups is 1. The van der Waals surface area contributed by atoms with E-state index in [1.807, 2.05) is 6.92 Å². The van der Waals surface area contributed by atoms with E-state index in [9.17, 15) is 4.79 Å². The number of aliphatic imine (C=N–C) groups is 2. The fourth-order valence-corrected chi connectivity index (χ4v) is 2.14. The van der Waals surface area contributed by atoms with Gasteiger partial charge in [-0.25, -0.2) is 4.99 Å². The molecule has 16 heavy (non-hydrogen) atoms. The molecule has 0 aromatic rings. The second-order valence-corrected chi connectivity index (χ2v) is 4.01. The van der Waals surface area contributed by atoms with Crippen LogP contribution in [0.3, 0.4) is 0 Å². The third kappa shape index (κ3) is 1.87. The summed E-state index contributed by atoms with van der Waals surface area (Å²) >= 11 is 0. The fraction of sp³-hybridized carbons (Fsp3) is 0.700. The Bertz CT molecular complexity index is 356. The average molecular weight is 224 g/mol. The standard InChI is InChI=1S/C10H16N4O2/c1-2-16-8(11)13-9-12-7(15)10(14-9)5-3-4-6-10/h2-6H2,1H3,(H3,11,12,13,14,15). The van der Waals surface area contributed by atoms with Crippen LogP contribution in [0.5, 0.6) is 0 Å². The number of guanidine groups is 1. The number of ether oxygens (including phenoxy) is 1. The SMILES string of the molecule is CCO/C(N)=N/C1=NC2(CCCC2)C(=O)N1. The number of carbonyl (C=O) groups excluding carboxylic acids is 1. The van der Waals surface area contributed by atoms with Gasteiger partial charge in [-0.2, -0.15) is 4.99 Å². The van der Waals surface area contributed by atoms with Crippen molar-refractivity contribution in [1.82, 2.24) is 5.32 Å². The van der Waals surface area contributed by atoms with Crippen LogP contribution >= 0.6 is 0 Å². The lowest BCUT2D eigenvalue weighted by Crippen LogP contribution is -2.37. The number of hydrogen-bond acceptors (Lipinski definition) is 4. The number of rotatable bonds is 1. The van der Waals surface area contributed by atoms with E-state index >= 15 is 0 Å². The minimum absolute atomic E-state index is 0.0385. The molecule has 0 aromatic heterocycles. The molecule has 2 rings (SSSR count). The summed E-state index contributed by atoms with van der Waals surface area (Å²) in [5, 5.41) is 2.64. The summed E-state index contributed by atoms with van der Waals surface area (Å²) in [5.41, 5.74) is 4.91. The summed E-state index contributed by atoms with van der Waals surface area (Å²) < 4.78 is 4.99. The van der Waals surface area contributed by atoms with E-state index in [-0.39, 0.29) is 17.9 Å². The van der Waals surface area contributed by atoms with Gasteiger partial charge in [-0.1, -0.05) is 12.8 Å². The van der Waals surface area contributed by atoms with Crippen LogP contribution in [-0.2, 0) is 9.53 Å². The molecule has 6 nitrogen and oxygen atoms in total. The van der Waals surface area contributed by atoms with Crippen LogP contribution in [0.15, 0.2) is 9.98 Å². The fourth-order valence-electron chi connectivity index (χ4n) is 2.14. The van der Waals surface area contributed by atoms with E-state index in [1.54, 1.807) is 0 Å². The summed E-state index contributed by atoms with van der Waals surface area (Å²) in [5.74, 6) is 0.214. The maximum atomic E-state index is 11.8. The number of nitrogens with two attached hydrogens (primary N) is 1. The first-order chi connectivity index (χ1) is 7.66. The normalized spacial score (nSPS) is 23.4. The van der Waals surface area contributed by atoms with Gasteiger partial charge < -0.3 is 10.5 Å². The number of nitrogens with zero attached hydrogens (tertiary/aromatic N) is 2. The number of nitrogens with one attached hydrogen (secondary N) is 1. The van der Waals surface area contributed by atoms with Crippen LogP contribution < -0.4 is 11.1 Å². The van der Waals surface area contributed by atoms with Gasteiger partial charge in [-0.05, 0) is 19.8 Å². The predicted octanol–water partition coefficient (Wildman–Crippen LogP) is 0.136. The minimum Gasteiger partial charge on any atom is -0.465 e. The third-order valence-corrected chi connectivity index (χ3v) is 2.91. The van der Waals surface area contributed by atoms with E-state index < -0.39 is 5.54 Å². The van der Waals surface area contributed by atoms with Crippen molar-refractivity contribution in [3.63, 3.8) is 0 Å². The molecule has 2 aliphatic rings. The molecule has 0 radical (unpaired) electrons. The zero-order valence-corrected chi connectivity index (χ0v) is 9.32. The third-order valence-electron chi connectivity index (χ3n) is 2.91. The Morgan fingerprint density at radius 1 is 1.62 bits per heavy atom. The van der Waals surface area contributed by atoms with Gasteiger partial charge in [-0.15, -0.1) is 0 Å². The smallest absolute Gasteiger partial charge is 0.289 e. The zero-order valence-electron chi connectivity index (χ0n) is 9.32. The molecule has 1 aliphatic heterocycles. The highest BCUT2D eigenvalue weighted by molar-refractivity contribution is 6.10. The van der Waals surface area contributed by atoms with Gasteiger partial charge in [0, 0.05) is 0 Å². The van der Waals surface area contributed by atoms with Gasteiger partial charge >= 0.3 is 0 Å². The Morgan fingerprint density at radius 3 is 2.94 bits per heavy atom. The molecule has 1 saturated carbocycles. The van der Waals surface area contributed by atoms with Crippen molar-refractivity contribution in [2.24, 2.45) is 15.7 Å². The molecule has 0 saturated heterocycles. The molecule has 0 atom stereocenters. The summed E-state index contributed by atoms with van der Waals surface area (Å²) in [6, 6.07) is 0.0385. The van der Waals surface area contributed by atoms with Crippen LogP contribution in [0.1, 0.15) is 32.6 Å². The lowest BCUT2D eigenvalue weighted by Gasteiger charge is -2.13. The first kappa shape index (κ1) is 10.9. The Kier molecular flexibility index (Phi) is 2.80. The molecule has 6 heteroatoms. The van der Waals surface area contributed by atoms with Crippen molar-refractivity contribution >= 4 is 17.9 Å². The lowest BCUT2D eigenvalue weighted by atomic mass is 9.99. The van der Waals surface area contributed by atoms with E-state index in [0.717, 1.165) is 25.7 Å². The number of hydrogen-bond donors (Lipinski definition) is 2. The molecule has 88 valence electrons. The summed E-state index contributed by atoms with van der Waals surface area (Å²) in [7, 11) is 0. The van der Waals surface area contributed by atoms with Crippen molar-refractivity contribution in [2.75, 3.05) is 6.61 Å². The lowest BCUT2D eigenvalue weighted by molar-refractivity contribution is -0.123. The Hall–Kier alpha value is -1.59. The molecule has 1 aliphatic carbocycles. The molecule has 1 fully saturated rings. The maximum absolute atomic E-state index is 11.8. The molecular formula is C10H16N4O2. The predicted molar refractivity (Wildman–Crippen MR) is 60.0 cm³/mol. The van der Waals surface area contributed by atoms with Crippen molar-refractivity contribution in [3.8, 4) is 0 Å². The highest BCUT2D eigenvalue weighted by Crippen LogP contribution is 2.35. The van der Waals surface area contributed by atoms with E-state index in [0.29, 0.717) is 6.61 Å². The van der Waals surface area contributed by atoms with Gasteiger partial charge in [-0.3, -0.25) is 10.1 Å². The van der Waals surface area contributed by atoms with Gasteiger partial charge in [0.1, 0.15) is 5.54 Å². The first-order valence-corrected chi connectivity index (χ1v) is 5.54. The molecule has 1 heterocycles. The molecule has 0 bridgehead atoms. The monoisotopic (exact) mass is 224 g/mol. The average Bonchev–Trinajstić information content (AvgIpc) is 2.77. The number of carbonyl (C=O) groups is 1. The van der Waals surface area contributed by atoms with Crippen LogP contribution in [0.4, 0.5) is 0 Å².